The Hall–Kier alpha value is -3.91. The van der Waals surface area contributed by atoms with Crippen molar-refractivity contribution in [2.24, 2.45) is 0 Å². The second-order valence-electron chi connectivity index (χ2n) is 8.23. The summed E-state index contributed by atoms with van der Waals surface area (Å²) in [5.41, 5.74) is 4.56. The third kappa shape index (κ3) is 4.45. The van der Waals surface area contributed by atoms with Crippen LogP contribution in [-0.2, 0) is 14.8 Å². The predicted octanol–water partition coefficient (Wildman–Crippen LogP) is 5.24. The zero-order valence-corrected chi connectivity index (χ0v) is 19.4. The molecule has 0 unspecified atom stereocenters. The number of anilines is 2. The van der Waals surface area contributed by atoms with Gasteiger partial charge in [0.1, 0.15) is 12.0 Å². The molecule has 0 bridgehead atoms. The number of nitrogens with one attached hydrogen (secondary N) is 1. The van der Waals surface area contributed by atoms with Crippen LogP contribution in [0.2, 0.25) is 0 Å². The van der Waals surface area contributed by atoms with Crippen LogP contribution >= 0.6 is 0 Å². The number of amides is 1. The van der Waals surface area contributed by atoms with Crippen LogP contribution in [0, 0.1) is 6.92 Å². The van der Waals surface area contributed by atoms with Crippen molar-refractivity contribution >= 4 is 27.3 Å². The lowest BCUT2D eigenvalue weighted by Gasteiger charge is -2.16. The van der Waals surface area contributed by atoms with E-state index in [1.807, 2.05) is 37.3 Å². The molecule has 0 radical (unpaired) electrons. The molecule has 7 nitrogen and oxygen atoms in total. The Morgan fingerprint density at radius 1 is 0.971 bits per heavy atom. The lowest BCUT2D eigenvalue weighted by atomic mass is 10.1. The van der Waals surface area contributed by atoms with Crippen molar-refractivity contribution in [2.75, 3.05) is 16.2 Å². The molecule has 2 heterocycles. The second-order valence-corrected chi connectivity index (χ2v) is 9.92. The highest BCUT2D eigenvalue weighted by Gasteiger charge is 2.22. The van der Waals surface area contributed by atoms with Gasteiger partial charge in [-0.2, -0.15) is 0 Å². The van der Waals surface area contributed by atoms with Crippen LogP contribution < -0.4 is 9.62 Å². The SMILES string of the molecule is Cc1ccc(-c2coc(-c3cccc(NS(=O)(=O)c4ccc(N5CCCC5=O)cc4)c3)n2)cc1. The van der Waals surface area contributed by atoms with Crippen LogP contribution in [0.5, 0.6) is 0 Å². The number of hydrogen-bond acceptors (Lipinski definition) is 5. The van der Waals surface area contributed by atoms with Gasteiger partial charge >= 0.3 is 0 Å². The molecule has 8 heteroatoms. The first-order chi connectivity index (χ1) is 16.4. The van der Waals surface area contributed by atoms with Gasteiger partial charge in [-0.25, -0.2) is 13.4 Å². The Morgan fingerprint density at radius 3 is 2.44 bits per heavy atom. The van der Waals surface area contributed by atoms with E-state index in [0.29, 0.717) is 41.5 Å². The molecule has 0 spiro atoms. The minimum absolute atomic E-state index is 0.0580. The maximum atomic E-state index is 12.9. The fourth-order valence-electron chi connectivity index (χ4n) is 3.92. The van der Waals surface area contributed by atoms with Crippen molar-refractivity contribution < 1.29 is 17.6 Å². The normalized spacial score (nSPS) is 13.9. The fraction of sp³-hybridized carbons (Fsp3) is 0.154. The van der Waals surface area contributed by atoms with E-state index in [-0.39, 0.29) is 10.8 Å². The highest BCUT2D eigenvalue weighted by atomic mass is 32.2. The molecule has 34 heavy (non-hydrogen) atoms. The van der Waals surface area contributed by atoms with E-state index in [2.05, 4.69) is 9.71 Å². The third-order valence-electron chi connectivity index (χ3n) is 5.75. The summed E-state index contributed by atoms with van der Waals surface area (Å²) in [6.45, 7) is 2.68. The number of rotatable bonds is 6. The quantitative estimate of drug-likeness (QED) is 0.413. The highest BCUT2D eigenvalue weighted by Crippen LogP contribution is 2.28. The Bertz CT molecular complexity index is 1440. The number of sulfonamides is 1. The van der Waals surface area contributed by atoms with E-state index in [0.717, 1.165) is 17.5 Å². The molecule has 4 aromatic rings. The van der Waals surface area contributed by atoms with Gasteiger partial charge in [-0.1, -0.05) is 35.9 Å². The Morgan fingerprint density at radius 2 is 1.74 bits per heavy atom. The Labute approximate surface area is 198 Å². The van der Waals surface area contributed by atoms with Crippen LogP contribution in [0.4, 0.5) is 11.4 Å². The number of carbonyl (C=O) groups excluding carboxylic acids is 1. The first-order valence-corrected chi connectivity index (χ1v) is 12.4. The first kappa shape index (κ1) is 21.9. The maximum absolute atomic E-state index is 12.9. The van der Waals surface area contributed by atoms with E-state index in [1.54, 1.807) is 41.5 Å². The van der Waals surface area contributed by atoms with Crippen LogP contribution in [-0.4, -0.2) is 25.9 Å². The number of aromatic nitrogens is 1. The molecule has 1 aliphatic heterocycles. The predicted molar refractivity (Wildman–Crippen MR) is 131 cm³/mol. The molecule has 1 aliphatic rings. The lowest BCUT2D eigenvalue weighted by Crippen LogP contribution is -2.23. The fourth-order valence-corrected chi connectivity index (χ4v) is 4.97. The van der Waals surface area contributed by atoms with Crippen LogP contribution in [0.3, 0.4) is 0 Å². The van der Waals surface area contributed by atoms with Crippen LogP contribution in [0.25, 0.3) is 22.7 Å². The summed E-state index contributed by atoms with van der Waals surface area (Å²) in [7, 11) is -3.81. The first-order valence-electron chi connectivity index (χ1n) is 11.0. The maximum Gasteiger partial charge on any atom is 0.261 e. The molecule has 1 N–H and O–H groups in total. The van der Waals surface area contributed by atoms with Gasteiger partial charge in [-0.3, -0.25) is 9.52 Å². The summed E-state index contributed by atoms with van der Waals surface area (Å²) in [5, 5.41) is 0. The number of benzene rings is 3. The van der Waals surface area contributed by atoms with Crippen molar-refractivity contribution in [1.29, 1.82) is 0 Å². The number of hydrogen-bond donors (Lipinski definition) is 1. The summed E-state index contributed by atoms with van der Waals surface area (Å²) in [5.74, 6) is 0.457. The minimum Gasteiger partial charge on any atom is -0.444 e. The summed E-state index contributed by atoms with van der Waals surface area (Å²) in [4.78, 5) is 18.3. The van der Waals surface area contributed by atoms with Gasteiger partial charge in [-0.15, -0.1) is 0 Å². The van der Waals surface area contributed by atoms with Gasteiger partial charge in [0.25, 0.3) is 10.0 Å². The van der Waals surface area contributed by atoms with E-state index < -0.39 is 10.0 Å². The summed E-state index contributed by atoms with van der Waals surface area (Å²) in [6, 6.07) is 21.2. The van der Waals surface area contributed by atoms with E-state index in [9.17, 15) is 13.2 Å². The zero-order chi connectivity index (χ0) is 23.7. The number of nitrogens with zero attached hydrogens (tertiary/aromatic N) is 2. The molecular formula is C26H23N3O4S. The molecule has 0 aliphatic carbocycles. The largest absolute Gasteiger partial charge is 0.444 e. The molecule has 3 aromatic carbocycles. The van der Waals surface area contributed by atoms with E-state index >= 15 is 0 Å². The lowest BCUT2D eigenvalue weighted by molar-refractivity contribution is -0.117. The molecular weight excluding hydrogens is 450 g/mol. The van der Waals surface area contributed by atoms with E-state index in [1.165, 1.54) is 12.1 Å². The smallest absolute Gasteiger partial charge is 0.261 e. The molecule has 172 valence electrons. The third-order valence-corrected chi connectivity index (χ3v) is 7.14. The highest BCUT2D eigenvalue weighted by molar-refractivity contribution is 7.92. The van der Waals surface area contributed by atoms with Gasteiger partial charge < -0.3 is 9.32 Å². The average molecular weight is 474 g/mol. The van der Waals surface area contributed by atoms with Gasteiger partial charge in [0.05, 0.1) is 4.90 Å². The summed E-state index contributed by atoms with van der Waals surface area (Å²) in [6.07, 6.45) is 2.92. The second kappa shape index (κ2) is 8.79. The van der Waals surface area contributed by atoms with Gasteiger partial charge in [0, 0.05) is 35.5 Å². The number of oxazole rings is 1. The zero-order valence-electron chi connectivity index (χ0n) is 18.6. The molecule has 1 fully saturated rings. The monoisotopic (exact) mass is 473 g/mol. The molecule has 0 atom stereocenters. The van der Waals surface area contributed by atoms with Crippen molar-refractivity contribution in [3.63, 3.8) is 0 Å². The average Bonchev–Trinajstić information content (AvgIpc) is 3.49. The molecule has 1 aromatic heterocycles. The van der Waals surface area contributed by atoms with Gasteiger partial charge in [0.15, 0.2) is 0 Å². The van der Waals surface area contributed by atoms with E-state index in [4.69, 9.17) is 4.42 Å². The summed E-state index contributed by atoms with van der Waals surface area (Å²) >= 11 is 0. The van der Waals surface area contributed by atoms with Gasteiger partial charge in [-0.05, 0) is 55.8 Å². The van der Waals surface area contributed by atoms with Crippen molar-refractivity contribution in [2.45, 2.75) is 24.7 Å². The molecule has 0 saturated carbocycles. The summed E-state index contributed by atoms with van der Waals surface area (Å²) < 4.78 is 34.1. The number of carbonyl (C=O) groups is 1. The van der Waals surface area contributed by atoms with Gasteiger partial charge in [0.2, 0.25) is 11.8 Å². The number of aryl methyl sites for hydroxylation is 1. The van der Waals surface area contributed by atoms with Crippen molar-refractivity contribution in [3.05, 3.63) is 84.6 Å². The topological polar surface area (TPSA) is 92.5 Å². The minimum atomic E-state index is -3.81. The van der Waals surface area contributed by atoms with Crippen molar-refractivity contribution in [3.8, 4) is 22.7 Å². The molecule has 5 rings (SSSR count). The van der Waals surface area contributed by atoms with Crippen LogP contribution in [0.15, 0.2) is 88.4 Å². The molecule has 1 saturated heterocycles. The standard InChI is InChI=1S/C26H23N3O4S/c1-18-7-9-19(10-8-18)24-17-33-26(27-24)20-4-2-5-21(16-20)28-34(31,32)23-13-11-22(12-14-23)29-15-3-6-25(29)30/h2,4-5,7-14,16-17,28H,3,6,15H2,1H3. The Kier molecular flexibility index (Phi) is 5.67. The molecule has 1 amide bonds. The van der Waals surface area contributed by atoms with Crippen LogP contribution in [0.1, 0.15) is 18.4 Å². The Balaban J connectivity index is 1.34. The van der Waals surface area contributed by atoms with Crippen molar-refractivity contribution in [1.82, 2.24) is 4.98 Å².